The smallest absolute Gasteiger partial charge is 0.451 e. The maximum absolute atomic E-state index is 13.5. The van der Waals surface area contributed by atoms with E-state index < -0.39 is 29.9 Å². The summed E-state index contributed by atoms with van der Waals surface area (Å²) in [7, 11) is 1.15. The van der Waals surface area contributed by atoms with Crippen LogP contribution < -0.4 is 10.3 Å². The largest absolute Gasteiger partial charge is 0.467 e. The lowest BCUT2D eigenvalue weighted by Gasteiger charge is -2.20. The lowest BCUT2D eigenvalue weighted by molar-refractivity contribution is -0.145. The monoisotopic (exact) mass is 531 g/mol. The fourth-order valence-electron chi connectivity index (χ4n) is 3.84. The summed E-state index contributed by atoms with van der Waals surface area (Å²) in [6.45, 7) is 1.48. The molecule has 2 atom stereocenters. The van der Waals surface area contributed by atoms with Crippen molar-refractivity contribution >= 4 is 35.0 Å². The second-order valence-corrected chi connectivity index (χ2v) is 8.62. The summed E-state index contributed by atoms with van der Waals surface area (Å²) < 4.78 is 45.2. The van der Waals surface area contributed by atoms with Crippen LogP contribution in [-0.4, -0.2) is 47.3 Å². The van der Waals surface area contributed by atoms with Crippen LogP contribution in [0.15, 0.2) is 65.9 Å². The molecule has 0 fully saturated rings. The number of hydrogen-bond donors (Lipinski definition) is 1. The first-order valence-corrected chi connectivity index (χ1v) is 11.5. The minimum absolute atomic E-state index is 0.100. The molecule has 1 N–H and O–H groups in total. The zero-order chi connectivity index (χ0) is 26.7. The Hall–Kier alpha value is -3.99. The van der Waals surface area contributed by atoms with E-state index in [0.29, 0.717) is 16.3 Å². The Bertz CT molecular complexity index is 1330. The van der Waals surface area contributed by atoms with Crippen molar-refractivity contribution in [3.8, 4) is 0 Å². The highest BCUT2D eigenvalue weighted by molar-refractivity contribution is 6.30. The Morgan fingerprint density at radius 2 is 1.81 bits per heavy atom. The van der Waals surface area contributed by atoms with Gasteiger partial charge in [0.1, 0.15) is 11.6 Å². The summed E-state index contributed by atoms with van der Waals surface area (Å²) in [5, 5.41) is 8.75. The molecule has 1 aliphatic rings. The maximum Gasteiger partial charge on any atom is 0.451 e. The van der Waals surface area contributed by atoms with E-state index >= 15 is 0 Å². The summed E-state index contributed by atoms with van der Waals surface area (Å²) in [5.41, 5.74) is 1.85. The van der Waals surface area contributed by atoms with Gasteiger partial charge < -0.3 is 10.1 Å². The van der Waals surface area contributed by atoms with Crippen molar-refractivity contribution in [2.45, 2.75) is 25.1 Å². The topological polar surface area (TPSA) is 96.8 Å². The van der Waals surface area contributed by atoms with Gasteiger partial charge in [0.15, 0.2) is 5.82 Å². The van der Waals surface area contributed by atoms with Gasteiger partial charge in [0.25, 0.3) is 5.91 Å². The van der Waals surface area contributed by atoms with Crippen LogP contribution in [0.5, 0.6) is 0 Å². The number of hydrazone groups is 1. The number of esters is 1. The molecule has 192 valence electrons. The highest BCUT2D eigenvalue weighted by Crippen LogP contribution is 2.35. The van der Waals surface area contributed by atoms with E-state index in [-0.39, 0.29) is 23.8 Å². The predicted molar refractivity (Wildman–Crippen MR) is 130 cm³/mol. The highest BCUT2D eigenvalue weighted by Gasteiger charge is 2.38. The van der Waals surface area contributed by atoms with Crippen LogP contribution in [0.1, 0.15) is 40.2 Å². The van der Waals surface area contributed by atoms with E-state index in [4.69, 9.17) is 11.6 Å². The Morgan fingerprint density at radius 1 is 1.14 bits per heavy atom. The molecule has 1 unspecified atom stereocenters. The quantitative estimate of drug-likeness (QED) is 0.472. The van der Waals surface area contributed by atoms with Crippen molar-refractivity contribution in [1.29, 1.82) is 0 Å². The van der Waals surface area contributed by atoms with E-state index in [1.54, 1.807) is 24.3 Å². The van der Waals surface area contributed by atoms with Crippen molar-refractivity contribution in [3.05, 3.63) is 88.3 Å². The molecular weight excluding hydrogens is 511 g/mol. The molecule has 37 heavy (non-hydrogen) atoms. The number of carbonyl (C=O) groups excluding carboxylic acids is 2. The molecule has 0 spiro atoms. The van der Waals surface area contributed by atoms with Crippen LogP contribution in [0, 0.1) is 0 Å². The SMILES string of the molecule is COC(=O)[C@H](C)NC(=O)c1cnc(C(F)(F)F)nc1N1CC(c2ccccc2)C(c2ccc(Cl)cc2)=N1. The first kappa shape index (κ1) is 26.1. The molecule has 8 nitrogen and oxygen atoms in total. The molecule has 1 aliphatic heterocycles. The number of nitrogens with one attached hydrogen (secondary N) is 1. The number of methoxy groups -OCH3 is 1. The molecule has 0 saturated carbocycles. The zero-order valence-corrected chi connectivity index (χ0v) is 20.4. The fourth-order valence-corrected chi connectivity index (χ4v) is 3.96. The van der Waals surface area contributed by atoms with Crippen molar-refractivity contribution in [3.63, 3.8) is 0 Å². The van der Waals surface area contributed by atoms with Crippen LogP contribution in [0.25, 0.3) is 0 Å². The lowest BCUT2D eigenvalue weighted by atomic mass is 9.90. The van der Waals surface area contributed by atoms with Crippen LogP contribution in [0.4, 0.5) is 19.0 Å². The van der Waals surface area contributed by atoms with E-state index in [1.165, 1.54) is 11.9 Å². The van der Waals surface area contributed by atoms with E-state index in [1.807, 2.05) is 30.3 Å². The summed E-state index contributed by atoms with van der Waals surface area (Å²) in [4.78, 5) is 31.8. The first-order valence-electron chi connectivity index (χ1n) is 11.1. The second-order valence-electron chi connectivity index (χ2n) is 8.18. The van der Waals surface area contributed by atoms with E-state index in [9.17, 15) is 22.8 Å². The Balaban J connectivity index is 1.80. The van der Waals surface area contributed by atoms with Gasteiger partial charge in [0.2, 0.25) is 5.82 Å². The Morgan fingerprint density at radius 3 is 2.43 bits per heavy atom. The van der Waals surface area contributed by atoms with Crippen LogP contribution >= 0.6 is 11.6 Å². The predicted octanol–water partition coefficient (Wildman–Crippen LogP) is 4.45. The molecule has 0 aliphatic carbocycles. The number of rotatable bonds is 6. The van der Waals surface area contributed by atoms with Gasteiger partial charge in [-0.05, 0) is 30.2 Å². The standard InChI is InChI=1S/C25H21ClF3N5O3/c1-14(23(36)37-2)31-22(35)18-12-30-24(25(27,28)29)32-21(18)34-13-19(15-6-4-3-5-7-15)20(33-34)16-8-10-17(26)11-9-16/h3-12,14,19H,13H2,1-2H3,(H,31,35)/t14-,19?/m0/s1. The molecule has 2 heterocycles. The molecule has 1 amide bonds. The number of halogens is 4. The zero-order valence-electron chi connectivity index (χ0n) is 19.7. The molecule has 4 rings (SSSR count). The molecule has 0 radical (unpaired) electrons. The molecule has 0 saturated heterocycles. The molecule has 1 aromatic heterocycles. The average Bonchev–Trinajstić information content (AvgIpc) is 3.33. The number of carbonyl (C=O) groups is 2. The van der Waals surface area contributed by atoms with Gasteiger partial charge in [-0.15, -0.1) is 0 Å². The Kier molecular flexibility index (Phi) is 7.44. The number of nitrogens with zero attached hydrogens (tertiary/aromatic N) is 4. The van der Waals surface area contributed by atoms with Gasteiger partial charge in [-0.1, -0.05) is 54.1 Å². The van der Waals surface area contributed by atoms with Crippen molar-refractivity contribution in [2.75, 3.05) is 18.7 Å². The van der Waals surface area contributed by atoms with E-state index in [0.717, 1.165) is 18.9 Å². The van der Waals surface area contributed by atoms with Crippen molar-refractivity contribution in [2.24, 2.45) is 5.10 Å². The lowest BCUT2D eigenvalue weighted by Crippen LogP contribution is -2.40. The van der Waals surface area contributed by atoms with Gasteiger partial charge in [-0.2, -0.15) is 18.3 Å². The number of anilines is 1. The highest BCUT2D eigenvalue weighted by atomic mass is 35.5. The third kappa shape index (κ3) is 5.72. The number of aromatic nitrogens is 2. The first-order chi connectivity index (χ1) is 17.6. The molecular formula is C25H21ClF3N5O3. The number of hydrogen-bond acceptors (Lipinski definition) is 7. The second kappa shape index (κ2) is 10.6. The maximum atomic E-state index is 13.5. The number of alkyl halides is 3. The Labute approximate surface area is 215 Å². The summed E-state index contributed by atoms with van der Waals surface area (Å²) in [5.74, 6) is -3.70. The van der Waals surface area contributed by atoms with Crippen molar-refractivity contribution in [1.82, 2.24) is 15.3 Å². The summed E-state index contributed by atoms with van der Waals surface area (Å²) in [6.07, 6.45) is -4.08. The van der Waals surface area contributed by atoms with Gasteiger partial charge in [-0.25, -0.2) is 19.8 Å². The minimum Gasteiger partial charge on any atom is -0.467 e. The van der Waals surface area contributed by atoms with Gasteiger partial charge in [0, 0.05) is 17.1 Å². The molecule has 3 aromatic rings. The van der Waals surface area contributed by atoms with Gasteiger partial charge >= 0.3 is 12.1 Å². The van der Waals surface area contributed by atoms with Crippen LogP contribution in [0.2, 0.25) is 5.02 Å². The van der Waals surface area contributed by atoms with Crippen molar-refractivity contribution < 1.29 is 27.5 Å². The van der Waals surface area contributed by atoms with Gasteiger partial charge in [-0.3, -0.25) is 4.79 Å². The minimum atomic E-state index is -4.86. The third-order valence-corrected chi connectivity index (χ3v) is 5.92. The van der Waals surface area contributed by atoms with Crippen LogP contribution in [-0.2, 0) is 15.7 Å². The van der Waals surface area contributed by atoms with E-state index in [2.05, 4.69) is 25.1 Å². The molecule has 0 bridgehead atoms. The molecule has 12 heteroatoms. The number of ether oxygens (including phenoxy) is 1. The molecule has 2 aromatic carbocycles. The van der Waals surface area contributed by atoms with Crippen LogP contribution in [0.3, 0.4) is 0 Å². The van der Waals surface area contributed by atoms with Gasteiger partial charge in [0.05, 0.1) is 19.4 Å². The third-order valence-electron chi connectivity index (χ3n) is 5.67. The number of benzene rings is 2. The average molecular weight is 532 g/mol. The number of amides is 1. The fraction of sp³-hybridized carbons (Fsp3) is 0.240. The normalized spacial score (nSPS) is 16.2. The summed E-state index contributed by atoms with van der Waals surface area (Å²) >= 11 is 6.04. The summed E-state index contributed by atoms with van der Waals surface area (Å²) in [6, 6.07) is 15.1.